The molecule has 0 bridgehead atoms. The van der Waals surface area contributed by atoms with Gasteiger partial charge in [0.15, 0.2) is 0 Å². The highest BCUT2D eigenvalue weighted by atomic mass is 16.5. The van der Waals surface area contributed by atoms with E-state index in [0.717, 1.165) is 38.3 Å². The fraction of sp³-hybridized carbons (Fsp3) is 0.647. The Morgan fingerprint density at radius 2 is 2.20 bits per heavy atom. The van der Waals surface area contributed by atoms with Crippen molar-refractivity contribution in [2.24, 2.45) is 0 Å². The van der Waals surface area contributed by atoms with Crippen molar-refractivity contribution >= 4 is 0 Å². The maximum absolute atomic E-state index is 9.48. The molecule has 112 valence electrons. The molecule has 1 aliphatic heterocycles. The van der Waals surface area contributed by atoms with E-state index < -0.39 is 0 Å². The second-order valence-electron chi connectivity index (χ2n) is 5.74. The molecule has 0 saturated carbocycles. The molecule has 1 aromatic rings. The van der Waals surface area contributed by atoms with Crippen molar-refractivity contribution in [3.05, 3.63) is 29.8 Å². The van der Waals surface area contributed by atoms with E-state index in [-0.39, 0.29) is 0 Å². The highest BCUT2D eigenvalue weighted by Gasteiger charge is 2.19. The number of hydrogen-bond donors (Lipinski definition) is 1. The summed E-state index contributed by atoms with van der Waals surface area (Å²) in [4.78, 5) is 2.44. The lowest BCUT2D eigenvalue weighted by Crippen LogP contribution is -2.38. The van der Waals surface area contributed by atoms with Gasteiger partial charge in [-0.1, -0.05) is 25.0 Å². The number of ether oxygens (including phenoxy) is 1. The zero-order valence-corrected chi connectivity index (χ0v) is 12.6. The Bertz CT molecular complexity index is 394. The quantitative estimate of drug-likeness (QED) is 0.811. The summed E-state index contributed by atoms with van der Waals surface area (Å²) in [5.74, 6) is 0.958. The van der Waals surface area contributed by atoms with Crippen molar-refractivity contribution in [2.75, 3.05) is 26.3 Å². The molecule has 0 aliphatic carbocycles. The molecular weight excluding hydrogens is 250 g/mol. The van der Waals surface area contributed by atoms with E-state index in [1.807, 2.05) is 12.1 Å². The first kappa shape index (κ1) is 15.3. The van der Waals surface area contributed by atoms with Gasteiger partial charge in [-0.15, -0.1) is 0 Å². The third kappa shape index (κ3) is 4.80. The highest BCUT2D eigenvalue weighted by molar-refractivity contribution is 5.27. The Hall–Kier alpha value is -1.06. The van der Waals surface area contributed by atoms with E-state index in [2.05, 4.69) is 24.0 Å². The van der Waals surface area contributed by atoms with Gasteiger partial charge in [0, 0.05) is 12.6 Å². The molecule has 0 amide bonds. The van der Waals surface area contributed by atoms with Gasteiger partial charge in [-0.25, -0.2) is 0 Å². The minimum Gasteiger partial charge on any atom is -0.494 e. The maximum Gasteiger partial charge on any atom is 0.119 e. The van der Waals surface area contributed by atoms with Gasteiger partial charge in [0.1, 0.15) is 5.75 Å². The first-order chi connectivity index (χ1) is 9.79. The van der Waals surface area contributed by atoms with Crippen molar-refractivity contribution in [1.29, 1.82) is 0 Å². The summed E-state index contributed by atoms with van der Waals surface area (Å²) in [5.41, 5.74) is 1.23. The van der Waals surface area contributed by atoms with Crippen LogP contribution in [-0.4, -0.2) is 42.4 Å². The molecular formula is C17H27NO2. The van der Waals surface area contributed by atoms with Gasteiger partial charge < -0.3 is 9.84 Å². The van der Waals surface area contributed by atoms with Gasteiger partial charge in [0.2, 0.25) is 0 Å². The van der Waals surface area contributed by atoms with Crippen molar-refractivity contribution in [3.63, 3.8) is 0 Å². The zero-order valence-electron chi connectivity index (χ0n) is 12.6. The Morgan fingerprint density at radius 1 is 1.30 bits per heavy atom. The van der Waals surface area contributed by atoms with Crippen LogP contribution in [0.4, 0.5) is 0 Å². The summed E-state index contributed by atoms with van der Waals surface area (Å²) in [7, 11) is 0. The van der Waals surface area contributed by atoms with E-state index in [4.69, 9.17) is 4.74 Å². The number of benzene rings is 1. The number of rotatable bonds is 6. The molecule has 1 heterocycles. The molecule has 20 heavy (non-hydrogen) atoms. The van der Waals surface area contributed by atoms with E-state index in [1.165, 1.54) is 24.8 Å². The van der Waals surface area contributed by atoms with Gasteiger partial charge in [-0.2, -0.15) is 0 Å². The Labute approximate surface area is 122 Å². The lowest BCUT2D eigenvalue weighted by molar-refractivity contribution is 0.118. The van der Waals surface area contributed by atoms with Crippen LogP contribution in [0.5, 0.6) is 5.75 Å². The Morgan fingerprint density at radius 3 is 3.00 bits per heavy atom. The first-order valence-electron chi connectivity index (χ1n) is 7.84. The van der Waals surface area contributed by atoms with Crippen LogP contribution in [0.1, 0.15) is 37.7 Å². The average molecular weight is 277 g/mol. The highest BCUT2D eigenvalue weighted by Crippen LogP contribution is 2.17. The fourth-order valence-corrected chi connectivity index (χ4v) is 2.90. The summed E-state index contributed by atoms with van der Waals surface area (Å²) in [6, 6.07) is 8.55. The third-order valence-corrected chi connectivity index (χ3v) is 4.06. The lowest BCUT2D eigenvalue weighted by atomic mass is 10.1. The van der Waals surface area contributed by atoms with Crippen molar-refractivity contribution in [1.82, 2.24) is 4.90 Å². The standard InChI is InChI=1S/C17H27NO2/c1-15-7-5-9-17(13-15)20-12-6-11-18-10-4-2-3-8-16(18)14-19/h5,7,9,13,16,19H,2-4,6,8,10-12,14H2,1H3. The number of likely N-dealkylation sites (tertiary alicyclic amines) is 1. The molecule has 0 radical (unpaired) electrons. The molecule has 2 rings (SSSR count). The van der Waals surface area contributed by atoms with Gasteiger partial charge in [0.25, 0.3) is 0 Å². The van der Waals surface area contributed by atoms with Crippen LogP contribution in [-0.2, 0) is 0 Å². The summed E-state index contributed by atoms with van der Waals surface area (Å²) in [6.07, 6.45) is 5.96. The molecule has 0 aromatic heterocycles. The van der Waals surface area contributed by atoms with Crippen LogP contribution in [0.2, 0.25) is 0 Å². The minimum atomic E-state index is 0.290. The van der Waals surface area contributed by atoms with Gasteiger partial charge in [-0.05, 0) is 50.4 Å². The number of nitrogens with zero attached hydrogens (tertiary/aromatic N) is 1. The van der Waals surface area contributed by atoms with E-state index in [1.54, 1.807) is 0 Å². The van der Waals surface area contributed by atoms with Crippen LogP contribution in [0.15, 0.2) is 24.3 Å². The van der Waals surface area contributed by atoms with E-state index in [9.17, 15) is 5.11 Å². The number of hydrogen-bond acceptors (Lipinski definition) is 3. The monoisotopic (exact) mass is 277 g/mol. The third-order valence-electron chi connectivity index (χ3n) is 4.06. The topological polar surface area (TPSA) is 32.7 Å². The molecule has 1 aliphatic rings. The summed E-state index contributed by atoms with van der Waals surface area (Å²) in [6.45, 7) is 5.26. The van der Waals surface area contributed by atoms with Crippen LogP contribution >= 0.6 is 0 Å². The SMILES string of the molecule is Cc1cccc(OCCCN2CCCCCC2CO)c1. The normalized spacial score (nSPS) is 20.6. The van der Waals surface area contributed by atoms with Crippen LogP contribution in [0.3, 0.4) is 0 Å². The van der Waals surface area contributed by atoms with Crippen LogP contribution in [0, 0.1) is 6.92 Å². The zero-order chi connectivity index (χ0) is 14.2. The molecule has 1 fully saturated rings. The van der Waals surface area contributed by atoms with Gasteiger partial charge >= 0.3 is 0 Å². The smallest absolute Gasteiger partial charge is 0.119 e. The van der Waals surface area contributed by atoms with Gasteiger partial charge in [0.05, 0.1) is 13.2 Å². The molecule has 3 heteroatoms. The number of aliphatic hydroxyl groups is 1. The Kier molecular flexibility index (Phi) is 6.34. The summed E-state index contributed by atoms with van der Waals surface area (Å²) >= 11 is 0. The van der Waals surface area contributed by atoms with Crippen LogP contribution < -0.4 is 4.74 Å². The Balaban J connectivity index is 1.71. The average Bonchev–Trinajstić information content (AvgIpc) is 2.68. The molecule has 1 aromatic carbocycles. The predicted octanol–water partition coefficient (Wildman–Crippen LogP) is 3.00. The minimum absolute atomic E-state index is 0.290. The fourth-order valence-electron chi connectivity index (χ4n) is 2.90. The first-order valence-corrected chi connectivity index (χ1v) is 7.84. The van der Waals surface area contributed by atoms with Crippen molar-refractivity contribution in [2.45, 2.75) is 45.1 Å². The second-order valence-corrected chi connectivity index (χ2v) is 5.74. The largest absolute Gasteiger partial charge is 0.494 e. The predicted molar refractivity (Wildman–Crippen MR) is 82.2 cm³/mol. The van der Waals surface area contributed by atoms with Crippen LogP contribution in [0.25, 0.3) is 0 Å². The molecule has 0 spiro atoms. The maximum atomic E-state index is 9.48. The lowest BCUT2D eigenvalue weighted by Gasteiger charge is -2.28. The molecule has 3 nitrogen and oxygen atoms in total. The molecule has 1 N–H and O–H groups in total. The van der Waals surface area contributed by atoms with Crippen molar-refractivity contribution in [3.8, 4) is 5.75 Å². The molecule has 1 unspecified atom stereocenters. The summed E-state index contributed by atoms with van der Waals surface area (Å²) in [5, 5.41) is 9.48. The van der Waals surface area contributed by atoms with E-state index in [0.29, 0.717) is 12.6 Å². The summed E-state index contributed by atoms with van der Waals surface area (Å²) < 4.78 is 5.79. The number of aryl methyl sites for hydroxylation is 1. The molecule has 1 atom stereocenters. The van der Waals surface area contributed by atoms with E-state index >= 15 is 0 Å². The molecule has 1 saturated heterocycles. The second kappa shape index (κ2) is 8.28. The van der Waals surface area contributed by atoms with Gasteiger partial charge in [-0.3, -0.25) is 4.90 Å². The van der Waals surface area contributed by atoms with Crippen molar-refractivity contribution < 1.29 is 9.84 Å². The number of aliphatic hydroxyl groups excluding tert-OH is 1.